The van der Waals surface area contributed by atoms with Gasteiger partial charge in [0.2, 0.25) is 5.95 Å². The summed E-state index contributed by atoms with van der Waals surface area (Å²) in [5, 5.41) is 0. The second kappa shape index (κ2) is 6.45. The molecule has 0 saturated carbocycles. The van der Waals surface area contributed by atoms with Crippen molar-refractivity contribution < 1.29 is 17.6 Å². The number of alkyl halides is 3. The van der Waals surface area contributed by atoms with Crippen molar-refractivity contribution in [2.24, 2.45) is 0 Å². The second-order valence-corrected chi connectivity index (χ2v) is 5.82. The number of hydrogen-bond acceptors (Lipinski definition) is 4. The highest BCUT2D eigenvalue weighted by molar-refractivity contribution is 5.74. The summed E-state index contributed by atoms with van der Waals surface area (Å²) >= 11 is 0. The van der Waals surface area contributed by atoms with Crippen LogP contribution >= 0.6 is 0 Å². The Morgan fingerprint density at radius 2 is 1.89 bits per heavy atom. The maximum Gasteiger partial charge on any atom is 0.406 e. The van der Waals surface area contributed by atoms with E-state index in [0.29, 0.717) is 11.3 Å². The van der Waals surface area contributed by atoms with Crippen LogP contribution in [0.4, 0.5) is 17.6 Å². The molecule has 0 unspecified atom stereocenters. The molecule has 0 amide bonds. The predicted octanol–water partition coefficient (Wildman–Crippen LogP) is 3.44. The number of nitrogens with zero attached hydrogens (tertiary/aromatic N) is 6. The fourth-order valence-electron chi connectivity index (χ4n) is 2.85. The third kappa shape index (κ3) is 3.50. The van der Waals surface area contributed by atoms with Crippen LogP contribution in [0.3, 0.4) is 0 Å². The molecule has 4 aromatic heterocycles. The molecule has 0 radical (unpaired) electrons. The van der Waals surface area contributed by atoms with Gasteiger partial charge in [0.05, 0.1) is 23.8 Å². The fourth-order valence-corrected chi connectivity index (χ4v) is 2.85. The summed E-state index contributed by atoms with van der Waals surface area (Å²) < 4.78 is 55.2. The highest BCUT2D eigenvalue weighted by Crippen LogP contribution is 2.24. The van der Waals surface area contributed by atoms with Gasteiger partial charge in [-0.3, -0.25) is 4.98 Å². The average molecular weight is 376 g/mol. The van der Waals surface area contributed by atoms with E-state index >= 15 is 0 Å². The van der Waals surface area contributed by atoms with E-state index in [1.807, 2.05) is 0 Å². The third-order valence-corrected chi connectivity index (χ3v) is 3.94. The Kier molecular flexibility index (Phi) is 4.09. The first kappa shape index (κ1) is 17.1. The SMILES string of the molecule is Fc1cccc(-c2nccn2Cc2nc3ccncc3n2CC(F)(F)F)n1. The van der Waals surface area contributed by atoms with E-state index in [0.717, 1.165) is 4.57 Å². The van der Waals surface area contributed by atoms with Crippen LogP contribution in [0.25, 0.3) is 22.6 Å². The van der Waals surface area contributed by atoms with Gasteiger partial charge in [0, 0.05) is 18.6 Å². The lowest BCUT2D eigenvalue weighted by molar-refractivity contribution is -0.140. The van der Waals surface area contributed by atoms with Gasteiger partial charge in [-0.05, 0) is 18.2 Å². The Morgan fingerprint density at radius 3 is 2.67 bits per heavy atom. The topological polar surface area (TPSA) is 61.4 Å². The molecule has 138 valence electrons. The van der Waals surface area contributed by atoms with Gasteiger partial charge in [-0.1, -0.05) is 6.07 Å². The summed E-state index contributed by atoms with van der Waals surface area (Å²) in [5.41, 5.74) is 0.977. The number of fused-ring (bicyclic) bond motifs is 1. The Labute approximate surface area is 150 Å². The summed E-state index contributed by atoms with van der Waals surface area (Å²) in [6.45, 7) is -1.18. The Morgan fingerprint density at radius 1 is 1.04 bits per heavy atom. The molecule has 4 rings (SSSR count). The highest BCUT2D eigenvalue weighted by atomic mass is 19.4. The van der Waals surface area contributed by atoms with Crippen LogP contribution in [-0.4, -0.2) is 35.2 Å². The molecule has 0 atom stereocenters. The summed E-state index contributed by atoms with van der Waals surface area (Å²) in [4.78, 5) is 16.1. The molecule has 4 heterocycles. The molecular weight excluding hydrogens is 364 g/mol. The summed E-state index contributed by atoms with van der Waals surface area (Å²) in [6.07, 6.45) is 1.45. The lowest BCUT2D eigenvalue weighted by Gasteiger charge is -2.13. The van der Waals surface area contributed by atoms with Crippen LogP contribution in [0.2, 0.25) is 0 Å². The maximum absolute atomic E-state index is 13.4. The summed E-state index contributed by atoms with van der Waals surface area (Å²) in [7, 11) is 0. The minimum absolute atomic E-state index is 0.0122. The van der Waals surface area contributed by atoms with E-state index in [1.54, 1.807) is 22.9 Å². The smallest absolute Gasteiger partial charge is 0.322 e. The Balaban J connectivity index is 1.77. The number of rotatable bonds is 4. The molecule has 0 aliphatic heterocycles. The van der Waals surface area contributed by atoms with Crippen molar-refractivity contribution in [2.45, 2.75) is 19.3 Å². The second-order valence-electron chi connectivity index (χ2n) is 5.82. The van der Waals surface area contributed by atoms with Gasteiger partial charge in [-0.15, -0.1) is 0 Å². The zero-order valence-corrected chi connectivity index (χ0v) is 13.7. The summed E-state index contributed by atoms with van der Waals surface area (Å²) in [5.74, 6) is -0.151. The molecule has 0 aliphatic carbocycles. The number of imidazole rings is 2. The van der Waals surface area contributed by atoms with E-state index in [-0.39, 0.29) is 23.6 Å². The molecule has 0 aliphatic rings. The van der Waals surface area contributed by atoms with Crippen LogP contribution in [0, 0.1) is 5.95 Å². The van der Waals surface area contributed by atoms with Crippen molar-refractivity contribution in [2.75, 3.05) is 0 Å². The van der Waals surface area contributed by atoms with E-state index in [2.05, 4.69) is 19.9 Å². The van der Waals surface area contributed by atoms with E-state index < -0.39 is 18.7 Å². The minimum Gasteiger partial charge on any atom is -0.322 e. The van der Waals surface area contributed by atoms with Crippen molar-refractivity contribution in [3.05, 3.63) is 60.8 Å². The van der Waals surface area contributed by atoms with Gasteiger partial charge in [0.25, 0.3) is 0 Å². The number of hydrogen-bond donors (Lipinski definition) is 0. The number of pyridine rings is 2. The standard InChI is InChI=1S/C17H12F4N6/c18-14-3-1-2-12(24-14)16-23-6-7-26(16)9-15-25-11-4-5-22-8-13(11)27(15)10-17(19,20)21/h1-8H,9-10H2. The maximum atomic E-state index is 13.4. The van der Waals surface area contributed by atoms with Gasteiger partial charge in [-0.2, -0.15) is 17.6 Å². The zero-order valence-electron chi connectivity index (χ0n) is 13.7. The molecule has 4 aromatic rings. The number of halogens is 4. The van der Waals surface area contributed by atoms with Gasteiger partial charge in [0.1, 0.15) is 18.1 Å². The largest absolute Gasteiger partial charge is 0.406 e. The van der Waals surface area contributed by atoms with E-state index in [1.165, 1.54) is 30.7 Å². The molecule has 10 heteroatoms. The van der Waals surface area contributed by atoms with Gasteiger partial charge in [0.15, 0.2) is 5.82 Å². The molecule has 0 spiro atoms. The predicted molar refractivity (Wildman–Crippen MR) is 88.1 cm³/mol. The quantitative estimate of drug-likeness (QED) is 0.404. The molecule has 0 fully saturated rings. The third-order valence-electron chi connectivity index (χ3n) is 3.94. The lowest BCUT2D eigenvalue weighted by Crippen LogP contribution is -2.20. The first-order chi connectivity index (χ1) is 12.9. The minimum atomic E-state index is -4.42. The van der Waals surface area contributed by atoms with E-state index in [9.17, 15) is 17.6 Å². The molecular formula is C17H12F4N6. The zero-order chi connectivity index (χ0) is 19.0. The highest BCUT2D eigenvalue weighted by Gasteiger charge is 2.30. The first-order valence-electron chi connectivity index (χ1n) is 7.91. The average Bonchev–Trinajstić information content (AvgIpc) is 3.19. The molecule has 0 N–H and O–H groups in total. The molecule has 6 nitrogen and oxygen atoms in total. The fraction of sp³-hybridized carbons (Fsp3) is 0.176. The van der Waals surface area contributed by atoms with Crippen LogP contribution in [-0.2, 0) is 13.1 Å². The van der Waals surface area contributed by atoms with E-state index in [4.69, 9.17) is 0 Å². The lowest BCUT2D eigenvalue weighted by atomic mass is 10.3. The van der Waals surface area contributed by atoms with Crippen molar-refractivity contribution in [3.8, 4) is 11.5 Å². The molecule has 0 aromatic carbocycles. The Bertz CT molecular complexity index is 1100. The molecule has 0 bridgehead atoms. The number of aromatic nitrogens is 6. The van der Waals surface area contributed by atoms with Crippen LogP contribution < -0.4 is 0 Å². The van der Waals surface area contributed by atoms with Crippen molar-refractivity contribution >= 4 is 11.0 Å². The van der Waals surface area contributed by atoms with Crippen molar-refractivity contribution in [1.82, 2.24) is 29.1 Å². The van der Waals surface area contributed by atoms with Crippen molar-refractivity contribution in [3.63, 3.8) is 0 Å². The van der Waals surface area contributed by atoms with Crippen LogP contribution in [0.15, 0.2) is 49.1 Å². The van der Waals surface area contributed by atoms with Crippen molar-refractivity contribution in [1.29, 1.82) is 0 Å². The normalized spacial score (nSPS) is 12.0. The molecule has 0 saturated heterocycles. The van der Waals surface area contributed by atoms with Gasteiger partial charge in [-0.25, -0.2) is 15.0 Å². The molecule has 27 heavy (non-hydrogen) atoms. The van der Waals surface area contributed by atoms with Gasteiger partial charge >= 0.3 is 6.18 Å². The van der Waals surface area contributed by atoms with Crippen LogP contribution in [0.1, 0.15) is 5.82 Å². The summed E-state index contributed by atoms with van der Waals surface area (Å²) in [6, 6.07) is 5.81. The monoisotopic (exact) mass is 376 g/mol. The Hall–Kier alpha value is -3.30. The van der Waals surface area contributed by atoms with Gasteiger partial charge < -0.3 is 9.13 Å². The van der Waals surface area contributed by atoms with Crippen LogP contribution in [0.5, 0.6) is 0 Å². The first-order valence-corrected chi connectivity index (χ1v) is 7.91.